The van der Waals surface area contributed by atoms with Crippen molar-refractivity contribution < 1.29 is 38.1 Å². The van der Waals surface area contributed by atoms with Gasteiger partial charge in [0.15, 0.2) is 0 Å². The van der Waals surface area contributed by atoms with Crippen LogP contribution in [0.2, 0.25) is 5.02 Å². The quantitative estimate of drug-likeness (QED) is 0.0259. The summed E-state index contributed by atoms with van der Waals surface area (Å²) < 4.78 is 23.1. The molecule has 380 valence electrons. The molecule has 3 fully saturated rings. The molecule has 3 aliphatic rings. The van der Waals surface area contributed by atoms with Gasteiger partial charge in [-0.1, -0.05) is 55.7 Å². The number of likely N-dealkylation sites (tertiary alicyclic amines) is 1. The van der Waals surface area contributed by atoms with Crippen LogP contribution in [0.4, 0.5) is 11.8 Å². The molecule has 18 nitrogen and oxygen atoms in total. The van der Waals surface area contributed by atoms with Crippen molar-refractivity contribution in [1.82, 2.24) is 40.3 Å². The summed E-state index contributed by atoms with van der Waals surface area (Å²) in [5, 5.41) is 15.0. The van der Waals surface area contributed by atoms with Gasteiger partial charge in [0.05, 0.1) is 57.5 Å². The van der Waals surface area contributed by atoms with E-state index in [9.17, 15) is 19.2 Å². The Morgan fingerprint density at radius 2 is 1.70 bits per heavy atom. The van der Waals surface area contributed by atoms with Crippen LogP contribution in [-0.4, -0.2) is 159 Å². The summed E-state index contributed by atoms with van der Waals surface area (Å²) in [6.45, 7) is 13.5. The molecule has 2 aromatic heterocycles. The second-order valence-electron chi connectivity index (χ2n) is 17.4. The summed E-state index contributed by atoms with van der Waals surface area (Å²) in [7, 11) is 4.97. The van der Waals surface area contributed by atoms with Gasteiger partial charge < -0.3 is 50.0 Å². The molecule has 0 spiro atoms. The first-order valence-corrected chi connectivity index (χ1v) is 25.5. The van der Waals surface area contributed by atoms with Crippen molar-refractivity contribution in [2.75, 3.05) is 104 Å². The van der Waals surface area contributed by atoms with Gasteiger partial charge in [-0.25, -0.2) is 9.97 Å². The van der Waals surface area contributed by atoms with Gasteiger partial charge in [0.2, 0.25) is 23.5 Å². The Labute approximate surface area is 420 Å². The standard InChI is InChI=1S/C50H69ClN10O8S/c1-7-39(56-50-54-31-38(51)45(53-5)58-50)42(66-6)29-33(2)48(64)60-21-19-59(20-22-60)23-24-67-25-26-68-27-28-69-37-16-11-15-36(30-37)44(62)40-32-70-47(55-40)41-17-12-18-61(41)49(65)43(35-13-9-8-10-14-35)57-46(63)34(3)52-4/h7,11,15-16,29-32,34-35,41,43,52H,2,8-10,12-14,17-28H2,1,3-6H3,(H,57,63)(H2,53,54,56,58)/b39-7+,42-29+/t34-,41?,43-/m0/s1. The number of carbonyl (C=O) groups excluding carboxylic acids is 4. The Morgan fingerprint density at radius 1 is 0.957 bits per heavy atom. The van der Waals surface area contributed by atoms with Gasteiger partial charge in [0.1, 0.15) is 45.7 Å². The van der Waals surface area contributed by atoms with Gasteiger partial charge in [-0.3, -0.25) is 24.1 Å². The van der Waals surface area contributed by atoms with Crippen molar-refractivity contribution in [3.05, 3.63) is 92.9 Å². The fraction of sp³-hybridized carbons (Fsp3) is 0.540. The van der Waals surface area contributed by atoms with Crippen molar-refractivity contribution >= 4 is 58.2 Å². The molecule has 4 heterocycles. The number of nitrogens with one attached hydrogen (secondary N) is 4. The number of methoxy groups -OCH3 is 1. The molecule has 0 bridgehead atoms. The third kappa shape index (κ3) is 14.8. The maximum atomic E-state index is 14.2. The number of carbonyl (C=O) groups is 4. The molecule has 1 unspecified atom stereocenters. The number of ketones is 1. The Morgan fingerprint density at radius 3 is 2.41 bits per heavy atom. The van der Waals surface area contributed by atoms with Crippen molar-refractivity contribution in [3.8, 4) is 5.75 Å². The zero-order valence-electron chi connectivity index (χ0n) is 41.1. The predicted octanol–water partition coefficient (Wildman–Crippen LogP) is 5.85. The number of thiazole rings is 1. The number of amides is 3. The monoisotopic (exact) mass is 1000 g/mol. The molecule has 2 aliphatic heterocycles. The molecular formula is C50H69ClN10O8S. The lowest BCUT2D eigenvalue weighted by Crippen LogP contribution is -2.55. The second-order valence-corrected chi connectivity index (χ2v) is 18.7. The highest BCUT2D eigenvalue weighted by Gasteiger charge is 2.40. The van der Waals surface area contributed by atoms with E-state index < -0.39 is 12.1 Å². The van der Waals surface area contributed by atoms with Crippen LogP contribution in [0.1, 0.15) is 85.9 Å². The molecule has 3 atom stereocenters. The maximum absolute atomic E-state index is 14.2. The molecule has 1 aromatic carbocycles. The van der Waals surface area contributed by atoms with Crippen molar-refractivity contribution in [2.24, 2.45) is 5.92 Å². The van der Waals surface area contributed by atoms with Gasteiger partial charge in [0.25, 0.3) is 5.91 Å². The summed E-state index contributed by atoms with van der Waals surface area (Å²) in [4.78, 5) is 73.4. The molecule has 20 heteroatoms. The lowest BCUT2D eigenvalue weighted by molar-refractivity contribution is -0.139. The fourth-order valence-electron chi connectivity index (χ4n) is 8.72. The molecular weight excluding hydrogens is 936 g/mol. The maximum Gasteiger partial charge on any atom is 0.253 e. The first kappa shape index (κ1) is 53.9. The van der Waals surface area contributed by atoms with E-state index >= 15 is 0 Å². The number of rotatable bonds is 25. The van der Waals surface area contributed by atoms with Crippen LogP contribution in [0.15, 0.2) is 71.6 Å². The summed E-state index contributed by atoms with van der Waals surface area (Å²) >= 11 is 7.51. The minimum Gasteiger partial charge on any atom is -0.495 e. The van der Waals surface area contributed by atoms with Crippen LogP contribution in [0.3, 0.4) is 0 Å². The number of hydrogen-bond acceptors (Lipinski definition) is 16. The van der Waals surface area contributed by atoms with Gasteiger partial charge in [-0.2, -0.15) is 4.98 Å². The third-order valence-electron chi connectivity index (χ3n) is 12.8. The van der Waals surface area contributed by atoms with E-state index in [-0.39, 0.29) is 35.5 Å². The number of nitrogens with zero attached hydrogens (tertiary/aromatic N) is 6. The van der Waals surface area contributed by atoms with Crippen molar-refractivity contribution in [3.63, 3.8) is 0 Å². The molecule has 1 aliphatic carbocycles. The van der Waals surface area contributed by atoms with Gasteiger partial charge in [-0.15, -0.1) is 11.3 Å². The largest absolute Gasteiger partial charge is 0.495 e. The minimum atomic E-state index is -0.584. The number of benzene rings is 1. The van der Waals surface area contributed by atoms with Crippen LogP contribution < -0.4 is 26.0 Å². The highest BCUT2D eigenvalue weighted by Crippen LogP contribution is 2.37. The van der Waals surface area contributed by atoms with E-state index in [0.29, 0.717) is 117 Å². The molecule has 6 rings (SSSR count). The average Bonchev–Trinajstić information content (AvgIpc) is 4.09. The average molecular weight is 1010 g/mol. The van der Waals surface area contributed by atoms with E-state index in [4.69, 9.17) is 35.5 Å². The van der Waals surface area contributed by atoms with Crippen molar-refractivity contribution in [2.45, 2.75) is 76.9 Å². The number of piperazine rings is 1. The van der Waals surface area contributed by atoms with Gasteiger partial charge >= 0.3 is 0 Å². The lowest BCUT2D eigenvalue weighted by atomic mass is 9.83. The topological polar surface area (TPSA) is 202 Å². The number of allylic oxidation sites excluding steroid dienone is 1. The van der Waals surface area contributed by atoms with E-state index in [0.717, 1.165) is 56.5 Å². The van der Waals surface area contributed by atoms with Gasteiger partial charge in [0, 0.05) is 62.8 Å². The van der Waals surface area contributed by atoms with E-state index in [2.05, 4.69) is 42.7 Å². The summed E-state index contributed by atoms with van der Waals surface area (Å²) in [5.41, 5.74) is 1.64. The minimum absolute atomic E-state index is 0.0613. The van der Waals surface area contributed by atoms with E-state index in [1.165, 1.54) is 24.6 Å². The first-order valence-electron chi connectivity index (χ1n) is 24.2. The highest BCUT2D eigenvalue weighted by atomic mass is 35.5. The Bertz CT molecular complexity index is 2310. The zero-order chi connectivity index (χ0) is 50.0. The third-order valence-corrected chi connectivity index (χ3v) is 14.1. The number of hydrogen-bond donors (Lipinski definition) is 4. The fourth-order valence-corrected chi connectivity index (χ4v) is 9.85. The predicted molar refractivity (Wildman–Crippen MR) is 271 cm³/mol. The molecule has 4 N–H and O–H groups in total. The zero-order valence-corrected chi connectivity index (χ0v) is 42.7. The number of aromatic nitrogens is 3. The van der Waals surface area contributed by atoms with E-state index in [1.807, 2.05) is 11.8 Å². The highest BCUT2D eigenvalue weighted by molar-refractivity contribution is 7.10. The lowest BCUT2D eigenvalue weighted by Gasteiger charge is -2.35. The number of anilines is 2. The molecule has 3 aromatic rings. The smallest absolute Gasteiger partial charge is 0.253 e. The van der Waals surface area contributed by atoms with Crippen LogP contribution in [0.25, 0.3) is 0 Å². The van der Waals surface area contributed by atoms with Crippen molar-refractivity contribution in [1.29, 1.82) is 0 Å². The molecule has 70 heavy (non-hydrogen) atoms. The summed E-state index contributed by atoms with van der Waals surface area (Å²) in [6.07, 6.45) is 11.5. The van der Waals surface area contributed by atoms with Crippen LogP contribution in [0.5, 0.6) is 5.75 Å². The van der Waals surface area contributed by atoms with E-state index in [1.54, 1.807) is 67.7 Å². The van der Waals surface area contributed by atoms with Crippen LogP contribution >= 0.6 is 22.9 Å². The normalized spacial score (nSPS) is 18.0. The molecule has 1 saturated carbocycles. The van der Waals surface area contributed by atoms with Gasteiger partial charge in [-0.05, 0) is 70.7 Å². The number of halogens is 1. The Balaban J connectivity index is 0.868. The van der Waals surface area contributed by atoms with Crippen LogP contribution in [0, 0.1) is 5.92 Å². The molecule has 0 radical (unpaired) electrons. The number of likely N-dealkylation sites (N-methyl/N-ethyl adjacent to an activating group) is 1. The Hall–Kier alpha value is -5.44. The number of ether oxygens (including phenoxy) is 4. The van der Waals surface area contributed by atoms with Crippen LogP contribution in [-0.2, 0) is 28.6 Å². The summed E-state index contributed by atoms with van der Waals surface area (Å²) in [6, 6.07) is 5.78. The first-order chi connectivity index (χ1) is 33.9. The molecule has 3 amide bonds. The Kier molecular flexibility index (Phi) is 21.0. The summed E-state index contributed by atoms with van der Waals surface area (Å²) in [5.74, 6) is 1.21. The second kappa shape index (κ2) is 27.2. The molecule has 2 saturated heterocycles. The SMILES string of the molecule is C=C(/C=C(OC)\C(=C/C)Nc1ncc(Cl)c(NC)n1)C(=O)N1CCN(CCOCCOCCOc2cccc(C(=O)c3csc(C4CCCN4C(=O)[C@@H](NC(=O)[C@H](C)NC)C4CCCCC4)n3)c2)CC1.